The van der Waals surface area contributed by atoms with Crippen LogP contribution < -0.4 is 10.6 Å². The summed E-state index contributed by atoms with van der Waals surface area (Å²) in [5, 5.41) is 14.0. The Balaban J connectivity index is 2.51. The highest BCUT2D eigenvalue weighted by Gasteiger charge is 2.26. The van der Waals surface area contributed by atoms with E-state index in [1.165, 1.54) is 34.9 Å². The third-order valence-electron chi connectivity index (χ3n) is 4.77. The molecule has 0 spiro atoms. The Labute approximate surface area is 186 Å². The van der Waals surface area contributed by atoms with Gasteiger partial charge in [-0.15, -0.1) is 23.0 Å². The van der Waals surface area contributed by atoms with E-state index in [0.717, 1.165) is 0 Å². The molecule has 0 aliphatic rings. The Kier molecular flexibility index (Phi) is 10.6. The fourth-order valence-electron chi connectivity index (χ4n) is 2.51. The molecular weight excluding hydrogens is 424 g/mol. The van der Waals surface area contributed by atoms with Crippen molar-refractivity contribution in [1.82, 2.24) is 20.8 Å². The monoisotopic (exact) mass is 452 g/mol. The summed E-state index contributed by atoms with van der Waals surface area (Å²) in [5.74, 6) is 5.52. The molecule has 1 rings (SSSR count). The van der Waals surface area contributed by atoms with Gasteiger partial charge < -0.3 is 10.6 Å². The molecular formula is C20H28N4O2S3. The smallest absolute Gasteiger partial charge is 0.231 e. The summed E-state index contributed by atoms with van der Waals surface area (Å²) in [6, 6.07) is 0. The van der Waals surface area contributed by atoms with E-state index >= 15 is 0 Å². The zero-order chi connectivity index (χ0) is 21.9. The van der Waals surface area contributed by atoms with Crippen molar-refractivity contribution in [2.45, 2.75) is 73.1 Å². The van der Waals surface area contributed by atoms with Crippen LogP contribution in [0.4, 0.5) is 0 Å². The van der Waals surface area contributed by atoms with Crippen LogP contribution in [0.25, 0.3) is 0 Å². The zero-order valence-corrected chi connectivity index (χ0v) is 19.8. The SMILES string of the molecule is C#CC(CC)(CC)NC(=O)CSc1nnc(SCC(=O)NC(C#C)(CC)CC)s1. The first kappa shape index (κ1) is 25.4. The molecule has 2 N–H and O–H groups in total. The van der Waals surface area contributed by atoms with Crippen molar-refractivity contribution in [2.24, 2.45) is 0 Å². The predicted molar refractivity (Wildman–Crippen MR) is 122 cm³/mol. The van der Waals surface area contributed by atoms with Crippen LogP contribution in [0.1, 0.15) is 53.4 Å². The molecule has 0 aliphatic heterocycles. The Bertz CT molecular complexity index is 709. The number of hydrogen-bond acceptors (Lipinski definition) is 7. The van der Waals surface area contributed by atoms with Crippen LogP contribution in [0.15, 0.2) is 8.68 Å². The molecule has 1 aromatic rings. The summed E-state index contributed by atoms with van der Waals surface area (Å²) < 4.78 is 1.34. The van der Waals surface area contributed by atoms with Gasteiger partial charge in [-0.2, -0.15) is 0 Å². The molecule has 0 saturated carbocycles. The minimum absolute atomic E-state index is 0.134. The van der Waals surface area contributed by atoms with Gasteiger partial charge in [0.05, 0.1) is 11.5 Å². The lowest BCUT2D eigenvalue weighted by molar-refractivity contribution is -0.120. The van der Waals surface area contributed by atoms with Gasteiger partial charge in [0.25, 0.3) is 0 Å². The zero-order valence-electron chi connectivity index (χ0n) is 17.3. The molecule has 0 atom stereocenters. The third kappa shape index (κ3) is 7.58. The third-order valence-corrected chi connectivity index (χ3v) is 7.96. The minimum atomic E-state index is -0.599. The molecule has 0 aromatic carbocycles. The second kappa shape index (κ2) is 12.1. The number of carbonyl (C=O) groups excluding carboxylic acids is 2. The summed E-state index contributed by atoms with van der Waals surface area (Å²) in [5.41, 5.74) is -1.20. The standard InChI is InChI=1S/C20H28N4O2S3/c1-7-19(8-2,9-3)21-15(25)13-27-17-23-24-18(29-17)28-14-16(26)22-20(10-4,11-5)12-6/h1,4H,8-9,11-14H2,2-3,5-6H3,(H,21,25)(H,22,26). The Hall–Kier alpha value is -1.68. The van der Waals surface area contributed by atoms with E-state index in [2.05, 4.69) is 32.7 Å². The number of carbonyl (C=O) groups is 2. The van der Waals surface area contributed by atoms with E-state index in [9.17, 15) is 9.59 Å². The van der Waals surface area contributed by atoms with E-state index in [1.807, 2.05) is 27.7 Å². The van der Waals surface area contributed by atoms with Gasteiger partial charge in [0.15, 0.2) is 8.68 Å². The topological polar surface area (TPSA) is 84.0 Å². The quantitative estimate of drug-likeness (QED) is 0.374. The average Bonchev–Trinajstić information content (AvgIpc) is 3.21. The molecule has 29 heavy (non-hydrogen) atoms. The van der Waals surface area contributed by atoms with Crippen LogP contribution in [0.2, 0.25) is 0 Å². The van der Waals surface area contributed by atoms with Crippen molar-refractivity contribution in [3.63, 3.8) is 0 Å². The fourth-order valence-corrected chi connectivity index (χ4v) is 5.13. The van der Waals surface area contributed by atoms with Gasteiger partial charge in [-0.1, -0.05) is 74.4 Å². The maximum Gasteiger partial charge on any atom is 0.231 e. The highest BCUT2D eigenvalue weighted by atomic mass is 32.2. The van der Waals surface area contributed by atoms with Crippen molar-refractivity contribution in [3.8, 4) is 24.7 Å². The second-order valence-electron chi connectivity index (χ2n) is 6.37. The Morgan fingerprint density at radius 3 is 1.48 bits per heavy atom. The molecule has 9 heteroatoms. The summed E-state index contributed by atoms with van der Waals surface area (Å²) >= 11 is 3.95. The van der Waals surface area contributed by atoms with Gasteiger partial charge in [-0.25, -0.2) is 0 Å². The lowest BCUT2D eigenvalue weighted by atomic mass is 9.94. The van der Waals surface area contributed by atoms with E-state index in [0.29, 0.717) is 34.4 Å². The first-order valence-corrected chi connectivity index (χ1v) is 12.3. The van der Waals surface area contributed by atoms with Crippen molar-refractivity contribution in [3.05, 3.63) is 0 Å². The Morgan fingerprint density at radius 1 is 0.862 bits per heavy atom. The van der Waals surface area contributed by atoms with Crippen LogP contribution in [-0.2, 0) is 9.59 Å². The largest absolute Gasteiger partial charge is 0.339 e. The van der Waals surface area contributed by atoms with E-state index in [-0.39, 0.29) is 23.3 Å². The molecule has 6 nitrogen and oxygen atoms in total. The number of thioether (sulfide) groups is 2. The summed E-state index contributed by atoms with van der Waals surface area (Å²) in [7, 11) is 0. The molecule has 0 saturated heterocycles. The molecule has 0 aliphatic carbocycles. The number of terminal acetylenes is 2. The number of nitrogens with zero attached hydrogens (tertiary/aromatic N) is 2. The van der Waals surface area contributed by atoms with Gasteiger partial charge in [-0.3, -0.25) is 9.59 Å². The maximum atomic E-state index is 12.2. The van der Waals surface area contributed by atoms with Gasteiger partial charge in [0.1, 0.15) is 11.1 Å². The molecule has 0 bridgehead atoms. The summed E-state index contributed by atoms with van der Waals surface area (Å²) in [6.07, 6.45) is 13.8. The van der Waals surface area contributed by atoms with Crippen LogP contribution in [0.3, 0.4) is 0 Å². The molecule has 1 aromatic heterocycles. The molecule has 1 heterocycles. The van der Waals surface area contributed by atoms with E-state index < -0.39 is 11.1 Å². The van der Waals surface area contributed by atoms with Crippen molar-refractivity contribution in [2.75, 3.05) is 11.5 Å². The minimum Gasteiger partial charge on any atom is -0.339 e. The second-order valence-corrected chi connectivity index (χ2v) is 9.80. The average molecular weight is 453 g/mol. The first-order valence-electron chi connectivity index (χ1n) is 9.48. The summed E-state index contributed by atoms with van der Waals surface area (Å²) in [6.45, 7) is 7.82. The normalized spacial score (nSPS) is 11.4. The van der Waals surface area contributed by atoms with Crippen molar-refractivity contribution >= 4 is 46.7 Å². The first-order chi connectivity index (χ1) is 13.8. The number of hydrogen-bond donors (Lipinski definition) is 2. The number of aromatic nitrogens is 2. The van der Waals surface area contributed by atoms with Crippen LogP contribution in [0.5, 0.6) is 0 Å². The van der Waals surface area contributed by atoms with Crippen molar-refractivity contribution in [1.29, 1.82) is 0 Å². The lowest BCUT2D eigenvalue weighted by Crippen LogP contribution is -2.47. The highest BCUT2D eigenvalue weighted by Crippen LogP contribution is 2.29. The van der Waals surface area contributed by atoms with Crippen LogP contribution in [0, 0.1) is 24.7 Å². The van der Waals surface area contributed by atoms with Crippen LogP contribution >= 0.6 is 34.9 Å². The summed E-state index contributed by atoms with van der Waals surface area (Å²) in [4.78, 5) is 24.4. The number of rotatable bonds is 12. The molecule has 0 unspecified atom stereocenters. The van der Waals surface area contributed by atoms with Crippen LogP contribution in [-0.4, -0.2) is 44.6 Å². The lowest BCUT2D eigenvalue weighted by Gasteiger charge is -2.26. The highest BCUT2D eigenvalue weighted by molar-refractivity contribution is 8.03. The fraction of sp³-hybridized carbons (Fsp3) is 0.600. The number of nitrogens with one attached hydrogen (secondary N) is 2. The molecule has 0 fully saturated rings. The molecule has 158 valence electrons. The van der Waals surface area contributed by atoms with Gasteiger partial charge in [0.2, 0.25) is 11.8 Å². The van der Waals surface area contributed by atoms with Crippen molar-refractivity contribution < 1.29 is 9.59 Å². The van der Waals surface area contributed by atoms with Gasteiger partial charge in [-0.05, 0) is 25.7 Å². The predicted octanol–water partition coefficient (Wildman–Crippen LogP) is 3.34. The number of amides is 2. The molecule has 2 amide bonds. The van der Waals surface area contributed by atoms with Gasteiger partial charge in [0, 0.05) is 0 Å². The molecule has 0 radical (unpaired) electrons. The van der Waals surface area contributed by atoms with Gasteiger partial charge >= 0.3 is 0 Å². The Morgan fingerprint density at radius 2 is 1.21 bits per heavy atom. The van der Waals surface area contributed by atoms with E-state index in [1.54, 1.807) is 0 Å². The maximum absolute atomic E-state index is 12.2. The van der Waals surface area contributed by atoms with E-state index in [4.69, 9.17) is 12.8 Å².